The highest BCUT2D eigenvalue weighted by Crippen LogP contribution is 2.36. The Morgan fingerprint density at radius 3 is 2.61 bits per heavy atom. The molecule has 3 fully saturated rings. The molecular formula is C38H37N9O7. The first-order valence-electron chi connectivity index (χ1n) is 18.3. The zero-order valence-electron chi connectivity index (χ0n) is 29.3. The Hall–Kier alpha value is -6.16. The number of imide groups is 2. The summed E-state index contributed by atoms with van der Waals surface area (Å²) in [7, 11) is 0. The third-order valence-corrected chi connectivity index (χ3v) is 10.6. The Labute approximate surface area is 308 Å². The number of anilines is 1. The number of nitrogens with one attached hydrogen (secondary N) is 2. The van der Waals surface area contributed by atoms with E-state index >= 15 is 0 Å². The van der Waals surface area contributed by atoms with Gasteiger partial charge in [0, 0.05) is 56.1 Å². The maximum absolute atomic E-state index is 13.4. The third-order valence-electron chi connectivity index (χ3n) is 10.6. The van der Waals surface area contributed by atoms with Crippen molar-refractivity contribution in [3.63, 3.8) is 0 Å². The van der Waals surface area contributed by atoms with E-state index in [1.54, 1.807) is 41.2 Å². The molecule has 5 aromatic rings. The Kier molecular flexibility index (Phi) is 8.52. The van der Waals surface area contributed by atoms with Gasteiger partial charge in [0.25, 0.3) is 17.7 Å². The monoisotopic (exact) mass is 731 g/mol. The van der Waals surface area contributed by atoms with E-state index in [-0.39, 0.29) is 35.9 Å². The molecular weight excluding hydrogens is 694 g/mol. The van der Waals surface area contributed by atoms with Crippen molar-refractivity contribution < 1.29 is 33.4 Å². The molecule has 1 atom stereocenters. The number of amides is 5. The number of ether oxygens (including phenoxy) is 2. The normalized spacial score (nSPS) is 19.4. The van der Waals surface area contributed by atoms with Gasteiger partial charge < -0.3 is 14.8 Å². The number of hydrogen-bond donors (Lipinski definition) is 2. The highest BCUT2D eigenvalue weighted by Gasteiger charge is 2.44. The fraction of sp³-hybridized carbons (Fsp3) is 0.368. The van der Waals surface area contributed by atoms with Crippen molar-refractivity contribution in [3.05, 3.63) is 77.9 Å². The predicted molar refractivity (Wildman–Crippen MR) is 192 cm³/mol. The van der Waals surface area contributed by atoms with Crippen molar-refractivity contribution in [2.45, 2.75) is 50.6 Å². The van der Waals surface area contributed by atoms with Crippen molar-refractivity contribution >= 4 is 51.8 Å². The molecule has 16 heteroatoms. The van der Waals surface area contributed by atoms with Gasteiger partial charge in [0.15, 0.2) is 5.65 Å². The second-order valence-electron chi connectivity index (χ2n) is 14.2. The van der Waals surface area contributed by atoms with Crippen LogP contribution < -0.4 is 20.1 Å². The Bertz CT molecular complexity index is 2340. The molecule has 276 valence electrons. The molecule has 9 rings (SSSR count). The SMILES string of the molecule is O=C1CCC(N2C(=O)c3ccc(OCCN4CCC(n5cc6cc(NC(=O)c7cnn8cccnc78)c(OCC7CC7)cc6n5)CC4)cc3C2=O)C(=O)N1. The molecule has 16 nitrogen and oxygen atoms in total. The number of nitrogens with zero attached hydrogens (tertiary/aromatic N) is 7. The molecule has 2 saturated heterocycles. The van der Waals surface area contributed by atoms with E-state index in [1.807, 2.05) is 23.0 Å². The lowest BCUT2D eigenvalue weighted by molar-refractivity contribution is -0.136. The van der Waals surface area contributed by atoms with Crippen LogP contribution in [0.4, 0.5) is 5.69 Å². The first-order chi connectivity index (χ1) is 26.3. The summed E-state index contributed by atoms with van der Waals surface area (Å²) in [5, 5.41) is 15.3. The zero-order valence-corrected chi connectivity index (χ0v) is 29.3. The molecule has 54 heavy (non-hydrogen) atoms. The minimum Gasteiger partial charge on any atom is -0.492 e. The van der Waals surface area contributed by atoms with Crippen LogP contribution in [0.2, 0.25) is 0 Å². The number of piperidine rings is 2. The van der Waals surface area contributed by atoms with E-state index in [1.165, 1.54) is 6.20 Å². The summed E-state index contributed by atoms with van der Waals surface area (Å²) in [6, 6.07) is 9.51. The number of carbonyl (C=O) groups excluding carboxylic acids is 5. The summed E-state index contributed by atoms with van der Waals surface area (Å²) in [5.74, 6) is -0.908. The fourth-order valence-corrected chi connectivity index (χ4v) is 7.38. The van der Waals surface area contributed by atoms with Crippen LogP contribution in [0.5, 0.6) is 11.5 Å². The molecule has 2 N–H and O–H groups in total. The maximum atomic E-state index is 13.4. The molecule has 4 aliphatic rings. The van der Waals surface area contributed by atoms with Gasteiger partial charge in [-0.05, 0) is 68.4 Å². The quantitative estimate of drug-likeness (QED) is 0.190. The molecule has 3 aliphatic heterocycles. The third kappa shape index (κ3) is 6.42. The van der Waals surface area contributed by atoms with E-state index in [4.69, 9.17) is 14.6 Å². The van der Waals surface area contributed by atoms with Gasteiger partial charge in [0.2, 0.25) is 11.8 Å². The lowest BCUT2D eigenvalue weighted by atomic mass is 10.0. The number of carbonyl (C=O) groups is 5. The summed E-state index contributed by atoms with van der Waals surface area (Å²) in [5.41, 5.74) is 2.61. The van der Waals surface area contributed by atoms with Gasteiger partial charge in [-0.2, -0.15) is 10.2 Å². The highest BCUT2D eigenvalue weighted by atomic mass is 16.5. The minimum absolute atomic E-state index is 0.0666. The molecule has 0 spiro atoms. The van der Waals surface area contributed by atoms with Gasteiger partial charge in [0.05, 0.1) is 41.2 Å². The molecule has 6 heterocycles. The van der Waals surface area contributed by atoms with Crippen molar-refractivity contribution in [2.75, 3.05) is 38.2 Å². The van der Waals surface area contributed by atoms with Crippen LogP contribution >= 0.6 is 0 Å². The Balaban J connectivity index is 0.816. The van der Waals surface area contributed by atoms with Crippen LogP contribution in [0.3, 0.4) is 0 Å². The molecule has 2 aromatic carbocycles. The zero-order chi connectivity index (χ0) is 36.9. The topological polar surface area (TPSA) is 182 Å². The largest absolute Gasteiger partial charge is 0.492 e. The maximum Gasteiger partial charge on any atom is 0.262 e. The van der Waals surface area contributed by atoms with Gasteiger partial charge in [-0.25, -0.2) is 9.50 Å². The average Bonchev–Trinajstić information content (AvgIpc) is 3.67. The van der Waals surface area contributed by atoms with Crippen molar-refractivity contribution in [3.8, 4) is 11.5 Å². The second-order valence-corrected chi connectivity index (χ2v) is 14.2. The smallest absolute Gasteiger partial charge is 0.262 e. The van der Waals surface area contributed by atoms with E-state index < -0.39 is 29.7 Å². The standard InChI is InChI=1S/C38H37N9O7/c48-33-7-6-31(36(50)42-33)47-37(51)26-5-4-25(17-27(26)38(47)52)53-15-14-44-12-8-24(9-13-44)46-20-23-16-30(32(18-29(23)43-46)54-21-22-2-3-22)41-35(49)28-19-40-45-11-1-10-39-34(28)45/h1,4-5,10-11,16-20,22,24,31H,2-3,6-9,12-15,21H2,(H,41,49)(H,42,48,50). The Morgan fingerprint density at radius 1 is 0.963 bits per heavy atom. The second kappa shape index (κ2) is 13.7. The summed E-state index contributed by atoms with van der Waals surface area (Å²) in [6.07, 6.45) is 11.1. The molecule has 0 bridgehead atoms. The average molecular weight is 732 g/mol. The van der Waals surface area contributed by atoms with Crippen molar-refractivity contribution in [2.24, 2.45) is 5.92 Å². The molecule has 1 unspecified atom stereocenters. The van der Waals surface area contributed by atoms with Crippen molar-refractivity contribution in [1.29, 1.82) is 0 Å². The molecule has 1 saturated carbocycles. The van der Waals surface area contributed by atoms with E-state index in [9.17, 15) is 24.0 Å². The number of aromatic nitrogens is 5. The first kappa shape index (κ1) is 33.7. The molecule has 1 aliphatic carbocycles. The summed E-state index contributed by atoms with van der Waals surface area (Å²) in [4.78, 5) is 71.1. The van der Waals surface area contributed by atoms with Gasteiger partial charge in [-0.3, -0.25) is 43.8 Å². The number of hydrogen-bond acceptors (Lipinski definition) is 11. The predicted octanol–water partition coefficient (Wildman–Crippen LogP) is 3.24. The fourth-order valence-electron chi connectivity index (χ4n) is 7.38. The van der Waals surface area contributed by atoms with Crippen LogP contribution in [0.15, 0.2) is 61.2 Å². The van der Waals surface area contributed by atoms with Gasteiger partial charge in [-0.15, -0.1) is 0 Å². The van der Waals surface area contributed by atoms with E-state index in [0.29, 0.717) is 54.1 Å². The van der Waals surface area contributed by atoms with Crippen molar-refractivity contribution in [1.82, 2.24) is 39.5 Å². The molecule has 0 radical (unpaired) electrons. The molecule has 5 amide bonds. The number of rotatable bonds is 11. The number of benzene rings is 2. The van der Waals surface area contributed by atoms with Crippen LogP contribution in [0.25, 0.3) is 16.6 Å². The van der Waals surface area contributed by atoms with Crippen LogP contribution in [-0.4, -0.2) is 103 Å². The summed E-state index contributed by atoms with van der Waals surface area (Å²) < 4.78 is 15.8. The number of likely N-dealkylation sites (tertiary alicyclic amines) is 1. The lowest BCUT2D eigenvalue weighted by Crippen LogP contribution is -2.54. The minimum atomic E-state index is -1.01. The highest BCUT2D eigenvalue weighted by molar-refractivity contribution is 6.23. The van der Waals surface area contributed by atoms with E-state index in [0.717, 1.165) is 54.6 Å². The molecule has 3 aromatic heterocycles. The van der Waals surface area contributed by atoms with Gasteiger partial charge >= 0.3 is 0 Å². The van der Waals surface area contributed by atoms with Crippen LogP contribution in [0, 0.1) is 5.92 Å². The van der Waals surface area contributed by atoms with Crippen LogP contribution in [0.1, 0.15) is 75.6 Å². The lowest BCUT2D eigenvalue weighted by Gasteiger charge is -2.31. The summed E-state index contributed by atoms with van der Waals surface area (Å²) >= 11 is 0. The van der Waals surface area contributed by atoms with E-state index in [2.05, 4.69) is 25.6 Å². The van der Waals surface area contributed by atoms with Crippen LogP contribution in [-0.2, 0) is 9.59 Å². The van der Waals surface area contributed by atoms with Gasteiger partial charge in [-0.1, -0.05) is 0 Å². The Morgan fingerprint density at radius 2 is 1.80 bits per heavy atom. The summed E-state index contributed by atoms with van der Waals surface area (Å²) in [6.45, 7) is 3.33. The van der Waals surface area contributed by atoms with Gasteiger partial charge in [0.1, 0.15) is 29.7 Å². The number of fused-ring (bicyclic) bond motifs is 3. The first-order valence-corrected chi connectivity index (χ1v) is 18.3.